The summed E-state index contributed by atoms with van der Waals surface area (Å²) in [6, 6.07) is 23.4. The molecular formula is C39H48N6O5. The third-order valence-corrected chi connectivity index (χ3v) is 9.43. The average molecular weight is 681 g/mol. The highest BCUT2D eigenvalue weighted by Gasteiger charge is 2.33. The van der Waals surface area contributed by atoms with E-state index < -0.39 is 42.5 Å². The van der Waals surface area contributed by atoms with Crippen LogP contribution in [-0.2, 0) is 20.8 Å². The van der Waals surface area contributed by atoms with Gasteiger partial charge >= 0.3 is 0 Å². The zero-order valence-electron chi connectivity index (χ0n) is 28.6. The molecule has 3 atom stereocenters. The number of nitrogens with zero attached hydrogens (tertiary/aromatic N) is 1. The van der Waals surface area contributed by atoms with Gasteiger partial charge in [0.2, 0.25) is 17.7 Å². The SMILES string of the molecule is CNCCCC[C@@H](NC(=O)[C@@H](CO)NC(=O)c1ccccc1)C(=O)N[C@@H](Cc1c[nH]c2ccccc12)C(=O)N1CCC(c2ccccc2)CC1. The quantitative estimate of drug-likeness (QED) is 0.0999. The predicted octanol–water partition coefficient (Wildman–Crippen LogP) is 3.27. The Morgan fingerprint density at radius 3 is 2.14 bits per heavy atom. The summed E-state index contributed by atoms with van der Waals surface area (Å²) in [7, 11) is 1.84. The number of carbonyl (C=O) groups excluding carboxylic acids is 4. The highest BCUT2D eigenvalue weighted by molar-refractivity contribution is 5.99. The van der Waals surface area contributed by atoms with Crippen LogP contribution in [0.3, 0.4) is 0 Å². The lowest BCUT2D eigenvalue weighted by atomic mass is 9.89. The largest absolute Gasteiger partial charge is 0.394 e. The topological polar surface area (TPSA) is 156 Å². The van der Waals surface area contributed by atoms with Crippen LogP contribution in [0.25, 0.3) is 10.9 Å². The average Bonchev–Trinajstić information content (AvgIpc) is 3.57. The van der Waals surface area contributed by atoms with Gasteiger partial charge in [0, 0.05) is 42.2 Å². The van der Waals surface area contributed by atoms with Gasteiger partial charge in [-0.2, -0.15) is 0 Å². The number of H-pyrrole nitrogens is 1. The van der Waals surface area contributed by atoms with E-state index in [1.165, 1.54) is 5.56 Å². The first-order chi connectivity index (χ1) is 24.4. The number of aliphatic hydroxyl groups excluding tert-OH is 1. The smallest absolute Gasteiger partial charge is 0.251 e. The maximum Gasteiger partial charge on any atom is 0.251 e. The van der Waals surface area contributed by atoms with Crippen molar-refractivity contribution in [1.82, 2.24) is 31.2 Å². The van der Waals surface area contributed by atoms with E-state index in [2.05, 4.69) is 38.4 Å². The number of para-hydroxylation sites is 1. The molecule has 11 nitrogen and oxygen atoms in total. The standard InChI is InChI=1S/C39H48N6O5/c1-40-21-11-10-18-33(42-38(49)35(26-46)44-36(47)29-14-6-3-7-15-29)37(48)43-34(24-30-25-41-32-17-9-8-16-31(30)32)39(50)45-22-19-28(20-23-45)27-12-4-2-5-13-27/h2-9,12-17,25,28,33-35,40-41,46H,10-11,18-24,26H2,1H3,(H,42,49)(H,43,48)(H,44,47)/t33-,34+,35-/m1/s1. The molecule has 5 rings (SSSR count). The van der Waals surface area contributed by atoms with Crippen molar-refractivity contribution in [3.8, 4) is 0 Å². The molecule has 3 aromatic carbocycles. The number of benzene rings is 3. The summed E-state index contributed by atoms with van der Waals surface area (Å²) in [6.07, 6.45) is 5.47. The second-order valence-electron chi connectivity index (χ2n) is 12.9. The van der Waals surface area contributed by atoms with Gasteiger partial charge in [-0.25, -0.2) is 0 Å². The highest BCUT2D eigenvalue weighted by Crippen LogP contribution is 2.28. The molecule has 0 unspecified atom stereocenters. The first kappa shape index (κ1) is 36.3. The van der Waals surface area contributed by atoms with Crippen molar-refractivity contribution in [3.05, 3.63) is 108 Å². The van der Waals surface area contributed by atoms with E-state index in [0.29, 0.717) is 37.4 Å². The Kier molecular flexibility index (Phi) is 13.2. The zero-order chi connectivity index (χ0) is 35.3. The Labute approximate surface area is 293 Å². The molecule has 1 saturated heterocycles. The van der Waals surface area contributed by atoms with Crippen LogP contribution in [0.2, 0.25) is 0 Å². The first-order valence-electron chi connectivity index (χ1n) is 17.5. The van der Waals surface area contributed by atoms with Crippen LogP contribution in [0.4, 0.5) is 0 Å². The van der Waals surface area contributed by atoms with Gasteiger partial charge in [-0.15, -0.1) is 0 Å². The normalized spacial score (nSPS) is 15.2. The van der Waals surface area contributed by atoms with Gasteiger partial charge in [0.05, 0.1) is 6.61 Å². The summed E-state index contributed by atoms with van der Waals surface area (Å²) in [5, 5.41) is 22.4. The van der Waals surface area contributed by atoms with Crippen molar-refractivity contribution >= 4 is 34.5 Å². The van der Waals surface area contributed by atoms with Gasteiger partial charge in [0.15, 0.2) is 0 Å². The Balaban J connectivity index is 1.32. The molecule has 0 radical (unpaired) electrons. The van der Waals surface area contributed by atoms with E-state index in [1.807, 2.05) is 60.6 Å². The number of nitrogens with one attached hydrogen (secondary N) is 5. The predicted molar refractivity (Wildman–Crippen MR) is 193 cm³/mol. The number of aromatic amines is 1. The summed E-state index contributed by atoms with van der Waals surface area (Å²) in [4.78, 5) is 59.5. The van der Waals surface area contributed by atoms with Crippen LogP contribution in [0.5, 0.6) is 0 Å². The number of aliphatic hydroxyl groups is 1. The van der Waals surface area contributed by atoms with Crippen molar-refractivity contribution in [3.63, 3.8) is 0 Å². The van der Waals surface area contributed by atoms with Crippen LogP contribution in [-0.4, -0.2) is 90.0 Å². The Bertz CT molecular complexity index is 1700. The monoisotopic (exact) mass is 680 g/mol. The van der Waals surface area contributed by atoms with Crippen molar-refractivity contribution in [2.45, 2.75) is 62.6 Å². The lowest BCUT2D eigenvalue weighted by Gasteiger charge is -2.35. The summed E-state index contributed by atoms with van der Waals surface area (Å²) in [5.74, 6) is -1.51. The molecular weight excluding hydrogens is 632 g/mol. The van der Waals surface area contributed by atoms with Crippen molar-refractivity contribution in [2.24, 2.45) is 0 Å². The van der Waals surface area contributed by atoms with Gasteiger partial charge in [-0.3, -0.25) is 19.2 Å². The number of hydrogen-bond acceptors (Lipinski definition) is 6. The molecule has 1 aromatic heterocycles. The van der Waals surface area contributed by atoms with E-state index in [0.717, 1.165) is 42.3 Å². The Hall–Kier alpha value is -5.00. The summed E-state index contributed by atoms with van der Waals surface area (Å²) in [5.41, 5.74) is 3.44. The molecule has 4 amide bonds. The first-order valence-corrected chi connectivity index (χ1v) is 17.5. The number of rotatable bonds is 16. The zero-order valence-corrected chi connectivity index (χ0v) is 28.6. The van der Waals surface area contributed by atoms with Gasteiger partial charge in [-0.1, -0.05) is 66.7 Å². The fourth-order valence-electron chi connectivity index (χ4n) is 6.59. The number of likely N-dealkylation sites (tertiary alicyclic amines) is 1. The van der Waals surface area contributed by atoms with Crippen molar-refractivity contribution < 1.29 is 24.3 Å². The second-order valence-corrected chi connectivity index (χ2v) is 12.9. The fourth-order valence-corrected chi connectivity index (χ4v) is 6.59. The van der Waals surface area contributed by atoms with Gasteiger partial charge < -0.3 is 36.3 Å². The molecule has 0 saturated carbocycles. The maximum absolute atomic E-state index is 14.2. The van der Waals surface area contributed by atoms with Crippen molar-refractivity contribution in [2.75, 3.05) is 33.3 Å². The number of hydrogen-bond donors (Lipinski definition) is 6. The highest BCUT2D eigenvalue weighted by atomic mass is 16.3. The number of aromatic nitrogens is 1. The van der Waals surface area contributed by atoms with Crippen LogP contribution < -0.4 is 21.3 Å². The van der Waals surface area contributed by atoms with E-state index in [-0.39, 0.29) is 12.3 Å². The molecule has 0 bridgehead atoms. The van der Waals surface area contributed by atoms with Crippen LogP contribution in [0.15, 0.2) is 91.1 Å². The molecule has 4 aromatic rings. The number of piperidine rings is 1. The molecule has 1 aliphatic rings. The summed E-state index contributed by atoms with van der Waals surface area (Å²) in [6.45, 7) is 1.22. The molecule has 11 heteroatoms. The third kappa shape index (κ3) is 9.58. The van der Waals surface area contributed by atoms with Gasteiger partial charge in [-0.05, 0) is 80.9 Å². The molecule has 0 aliphatic carbocycles. The minimum absolute atomic E-state index is 0.168. The van der Waals surface area contributed by atoms with Gasteiger partial charge in [0.1, 0.15) is 18.1 Å². The number of amides is 4. The Morgan fingerprint density at radius 2 is 1.44 bits per heavy atom. The van der Waals surface area contributed by atoms with E-state index >= 15 is 0 Å². The van der Waals surface area contributed by atoms with Crippen molar-refractivity contribution in [1.29, 1.82) is 0 Å². The minimum Gasteiger partial charge on any atom is -0.394 e. The molecule has 6 N–H and O–H groups in total. The Morgan fingerprint density at radius 1 is 0.800 bits per heavy atom. The lowest BCUT2D eigenvalue weighted by Crippen LogP contribution is -2.58. The van der Waals surface area contributed by atoms with Crippen LogP contribution >= 0.6 is 0 Å². The maximum atomic E-state index is 14.2. The van der Waals surface area contributed by atoms with Gasteiger partial charge in [0.25, 0.3) is 5.91 Å². The van der Waals surface area contributed by atoms with E-state index in [9.17, 15) is 24.3 Å². The number of carbonyl (C=O) groups is 4. The number of unbranched alkanes of at least 4 members (excludes halogenated alkanes) is 1. The molecule has 264 valence electrons. The molecule has 50 heavy (non-hydrogen) atoms. The molecule has 0 spiro atoms. The van der Waals surface area contributed by atoms with Crippen LogP contribution in [0.1, 0.15) is 59.5 Å². The minimum atomic E-state index is -1.27. The van der Waals surface area contributed by atoms with Crippen LogP contribution in [0, 0.1) is 0 Å². The van der Waals surface area contributed by atoms with E-state index in [4.69, 9.17) is 0 Å². The molecule has 1 aliphatic heterocycles. The second kappa shape index (κ2) is 18.1. The summed E-state index contributed by atoms with van der Waals surface area (Å²) >= 11 is 0. The third-order valence-electron chi connectivity index (χ3n) is 9.43. The fraction of sp³-hybridized carbons (Fsp3) is 0.385. The van der Waals surface area contributed by atoms with E-state index in [1.54, 1.807) is 30.3 Å². The lowest BCUT2D eigenvalue weighted by molar-refractivity contribution is -0.138. The number of fused-ring (bicyclic) bond motifs is 1. The molecule has 1 fully saturated rings. The summed E-state index contributed by atoms with van der Waals surface area (Å²) < 4.78 is 0. The molecule has 2 heterocycles.